The molecule has 0 bridgehead atoms. The number of benzene rings is 2. The van der Waals surface area contributed by atoms with Crippen molar-refractivity contribution in [3.05, 3.63) is 76.8 Å². The average Bonchev–Trinajstić information content (AvgIpc) is 3.23. The summed E-state index contributed by atoms with van der Waals surface area (Å²) in [6.07, 6.45) is 1.77. The van der Waals surface area contributed by atoms with Gasteiger partial charge in [-0.1, -0.05) is 31.5 Å². The van der Waals surface area contributed by atoms with Crippen LogP contribution < -0.4 is 10.6 Å². The third-order valence-electron chi connectivity index (χ3n) is 4.10. The van der Waals surface area contributed by atoms with E-state index in [0.29, 0.717) is 28.6 Å². The molecule has 0 radical (unpaired) electrons. The second-order valence-corrected chi connectivity index (χ2v) is 7.24. The van der Waals surface area contributed by atoms with E-state index in [0.717, 1.165) is 24.2 Å². The second-order valence-electron chi connectivity index (χ2n) is 6.38. The molecule has 0 saturated heterocycles. The topological polar surface area (TPSA) is 97.4 Å². The van der Waals surface area contributed by atoms with E-state index >= 15 is 0 Å². The zero-order chi connectivity index (χ0) is 21.3. The van der Waals surface area contributed by atoms with Crippen LogP contribution >= 0.6 is 11.3 Å². The van der Waals surface area contributed by atoms with E-state index in [1.54, 1.807) is 53.9 Å². The highest BCUT2D eigenvalue weighted by molar-refractivity contribution is 7.14. The quantitative estimate of drug-likeness (QED) is 0.407. The van der Waals surface area contributed by atoms with Gasteiger partial charge in [-0.2, -0.15) is 0 Å². The van der Waals surface area contributed by atoms with Gasteiger partial charge < -0.3 is 10.1 Å². The van der Waals surface area contributed by atoms with E-state index in [-0.39, 0.29) is 17.6 Å². The van der Waals surface area contributed by atoms with E-state index in [2.05, 4.69) is 15.6 Å². The lowest BCUT2D eigenvalue weighted by atomic mass is 10.2. The third kappa shape index (κ3) is 5.74. The number of aromatic nitrogens is 1. The van der Waals surface area contributed by atoms with E-state index in [4.69, 9.17) is 4.74 Å². The van der Waals surface area contributed by atoms with Gasteiger partial charge in [0.2, 0.25) is 0 Å². The highest BCUT2D eigenvalue weighted by Gasteiger charge is 2.14. The van der Waals surface area contributed by atoms with Crippen molar-refractivity contribution in [2.24, 2.45) is 0 Å². The summed E-state index contributed by atoms with van der Waals surface area (Å²) in [7, 11) is 0. The molecule has 7 nitrogen and oxygen atoms in total. The van der Waals surface area contributed by atoms with Gasteiger partial charge in [0.15, 0.2) is 5.13 Å². The lowest BCUT2D eigenvalue weighted by molar-refractivity contribution is 0.0499. The van der Waals surface area contributed by atoms with Crippen LogP contribution in [0.25, 0.3) is 0 Å². The van der Waals surface area contributed by atoms with Crippen molar-refractivity contribution < 1.29 is 19.1 Å². The molecule has 0 fully saturated rings. The molecule has 0 aliphatic carbocycles. The lowest BCUT2D eigenvalue weighted by Gasteiger charge is -2.06. The van der Waals surface area contributed by atoms with Crippen molar-refractivity contribution in [1.29, 1.82) is 0 Å². The van der Waals surface area contributed by atoms with Gasteiger partial charge in [0, 0.05) is 16.6 Å². The monoisotopic (exact) mass is 423 g/mol. The normalized spacial score (nSPS) is 10.3. The molecule has 30 heavy (non-hydrogen) atoms. The van der Waals surface area contributed by atoms with Gasteiger partial charge in [-0.25, -0.2) is 9.78 Å². The number of hydrogen-bond donors (Lipinski definition) is 2. The minimum atomic E-state index is -0.412. The van der Waals surface area contributed by atoms with Gasteiger partial charge in [0.25, 0.3) is 11.8 Å². The number of ether oxygens (including phenoxy) is 1. The average molecular weight is 423 g/mol. The Morgan fingerprint density at radius 1 is 0.933 bits per heavy atom. The van der Waals surface area contributed by atoms with Crippen LogP contribution in [-0.4, -0.2) is 29.4 Å². The van der Waals surface area contributed by atoms with Crippen LogP contribution in [0.1, 0.15) is 51.0 Å². The van der Waals surface area contributed by atoms with E-state index in [1.165, 1.54) is 0 Å². The molecule has 0 atom stereocenters. The Hall–Kier alpha value is -3.52. The molecule has 1 aromatic heterocycles. The molecule has 1 heterocycles. The predicted molar refractivity (Wildman–Crippen MR) is 116 cm³/mol. The van der Waals surface area contributed by atoms with Crippen LogP contribution in [0, 0.1) is 0 Å². The van der Waals surface area contributed by atoms with Crippen LogP contribution in [0.5, 0.6) is 0 Å². The number of nitrogens with zero attached hydrogens (tertiary/aromatic N) is 1. The first kappa shape index (κ1) is 21.2. The first-order valence-electron chi connectivity index (χ1n) is 9.47. The molecule has 0 aliphatic heterocycles. The van der Waals surface area contributed by atoms with Crippen LogP contribution in [0.3, 0.4) is 0 Å². The predicted octanol–water partition coefficient (Wildman–Crippen LogP) is 4.60. The van der Waals surface area contributed by atoms with E-state index in [9.17, 15) is 14.4 Å². The van der Waals surface area contributed by atoms with Gasteiger partial charge in [-0.05, 0) is 42.8 Å². The Balaban J connectivity index is 1.56. The number of unbranched alkanes of at least 4 members (excludes halogenated alkanes) is 1. The summed E-state index contributed by atoms with van der Waals surface area (Å²) in [6, 6.07) is 15.2. The summed E-state index contributed by atoms with van der Waals surface area (Å²) in [5.41, 5.74) is 1.63. The number of carbonyl (C=O) groups is 3. The molecular weight excluding hydrogens is 402 g/mol. The maximum absolute atomic E-state index is 12.4. The number of anilines is 2. The summed E-state index contributed by atoms with van der Waals surface area (Å²) in [5.74, 6) is -1.09. The van der Waals surface area contributed by atoms with E-state index < -0.39 is 5.91 Å². The fourth-order valence-electron chi connectivity index (χ4n) is 2.47. The fraction of sp³-hybridized carbons (Fsp3) is 0.182. The van der Waals surface area contributed by atoms with Crippen molar-refractivity contribution in [3.63, 3.8) is 0 Å². The number of carbonyl (C=O) groups excluding carboxylic acids is 3. The third-order valence-corrected chi connectivity index (χ3v) is 4.86. The summed E-state index contributed by atoms with van der Waals surface area (Å²) in [6.45, 7) is 2.41. The fourth-order valence-corrected chi connectivity index (χ4v) is 3.16. The molecule has 3 aromatic rings. The summed E-state index contributed by atoms with van der Waals surface area (Å²) >= 11 is 1.16. The maximum Gasteiger partial charge on any atom is 0.338 e. The largest absolute Gasteiger partial charge is 0.462 e. The van der Waals surface area contributed by atoms with Crippen LogP contribution in [0.4, 0.5) is 10.8 Å². The number of hydrogen-bond acceptors (Lipinski definition) is 6. The number of rotatable bonds is 8. The first-order valence-corrected chi connectivity index (χ1v) is 10.3. The van der Waals surface area contributed by atoms with Crippen LogP contribution in [-0.2, 0) is 4.74 Å². The Kier molecular flexibility index (Phi) is 7.29. The van der Waals surface area contributed by atoms with Gasteiger partial charge in [-0.15, -0.1) is 11.3 Å². The number of esters is 1. The zero-order valence-electron chi connectivity index (χ0n) is 16.4. The first-order chi connectivity index (χ1) is 14.6. The van der Waals surface area contributed by atoms with Gasteiger partial charge in [0.05, 0.1) is 12.2 Å². The second kappa shape index (κ2) is 10.3. The Morgan fingerprint density at radius 2 is 1.67 bits per heavy atom. The maximum atomic E-state index is 12.4. The highest BCUT2D eigenvalue weighted by Crippen LogP contribution is 2.18. The van der Waals surface area contributed by atoms with Gasteiger partial charge >= 0.3 is 5.97 Å². The SMILES string of the molecule is CCCCOC(=O)c1ccc(NC(=O)c2csc(NC(=O)c3ccccc3)n2)cc1. The molecule has 0 spiro atoms. The zero-order valence-corrected chi connectivity index (χ0v) is 17.2. The van der Waals surface area contributed by atoms with Crippen molar-refractivity contribution in [2.75, 3.05) is 17.2 Å². The van der Waals surface area contributed by atoms with Crippen molar-refractivity contribution in [1.82, 2.24) is 4.98 Å². The Labute approximate surface area is 178 Å². The molecule has 8 heteroatoms. The Morgan fingerprint density at radius 3 is 2.37 bits per heavy atom. The highest BCUT2D eigenvalue weighted by atomic mass is 32.1. The molecule has 0 saturated carbocycles. The molecule has 2 amide bonds. The van der Waals surface area contributed by atoms with Crippen LogP contribution in [0.15, 0.2) is 60.0 Å². The molecule has 2 N–H and O–H groups in total. The summed E-state index contributed by atoms with van der Waals surface area (Å²) < 4.78 is 5.16. The number of nitrogens with one attached hydrogen (secondary N) is 2. The van der Waals surface area contributed by atoms with Gasteiger partial charge in [0.1, 0.15) is 5.69 Å². The van der Waals surface area contributed by atoms with Crippen molar-refractivity contribution in [3.8, 4) is 0 Å². The molecular formula is C22H21N3O4S. The molecule has 154 valence electrons. The standard InChI is InChI=1S/C22H21N3O4S/c1-2-3-13-29-21(28)16-9-11-17(12-10-16)23-20(27)18-14-30-22(24-18)25-19(26)15-7-5-4-6-8-15/h4-12,14H,2-3,13H2,1H3,(H,23,27)(H,24,25,26). The molecule has 2 aromatic carbocycles. The minimum Gasteiger partial charge on any atom is -0.462 e. The van der Waals surface area contributed by atoms with Gasteiger partial charge in [-0.3, -0.25) is 14.9 Å². The summed E-state index contributed by atoms with van der Waals surface area (Å²) in [4.78, 5) is 40.7. The van der Waals surface area contributed by atoms with Crippen molar-refractivity contribution in [2.45, 2.75) is 19.8 Å². The summed E-state index contributed by atoms with van der Waals surface area (Å²) in [5, 5.41) is 7.29. The van der Waals surface area contributed by atoms with Crippen LogP contribution in [0.2, 0.25) is 0 Å². The lowest BCUT2D eigenvalue weighted by Crippen LogP contribution is -2.14. The Bertz CT molecular complexity index is 1020. The minimum absolute atomic E-state index is 0.186. The molecule has 0 unspecified atom stereocenters. The molecule has 3 rings (SSSR count). The molecule has 0 aliphatic rings. The number of amides is 2. The smallest absolute Gasteiger partial charge is 0.338 e. The van der Waals surface area contributed by atoms with E-state index in [1.807, 2.05) is 13.0 Å². The van der Waals surface area contributed by atoms with Crippen molar-refractivity contribution >= 4 is 39.9 Å². The number of thiazole rings is 1.